The van der Waals surface area contributed by atoms with Gasteiger partial charge in [0.05, 0.1) is 7.11 Å². The average molecular weight is 247 g/mol. The molecular formula is C15H21NO2. The van der Waals surface area contributed by atoms with Gasteiger partial charge in [-0.15, -0.1) is 0 Å². The number of methoxy groups -OCH3 is 1. The number of hydrogen-bond donors (Lipinski definition) is 1. The smallest absolute Gasteiger partial charge is 0.227 e. The van der Waals surface area contributed by atoms with E-state index in [-0.39, 0.29) is 11.8 Å². The molecule has 0 saturated heterocycles. The largest absolute Gasteiger partial charge is 0.497 e. The van der Waals surface area contributed by atoms with E-state index in [0.717, 1.165) is 24.3 Å². The lowest BCUT2D eigenvalue weighted by atomic mass is 9.99. The molecule has 18 heavy (non-hydrogen) atoms. The van der Waals surface area contributed by atoms with Crippen LogP contribution < -0.4 is 10.1 Å². The molecule has 1 saturated carbocycles. The molecule has 3 heteroatoms. The van der Waals surface area contributed by atoms with Gasteiger partial charge < -0.3 is 10.1 Å². The topological polar surface area (TPSA) is 38.3 Å². The van der Waals surface area contributed by atoms with Crippen LogP contribution in [-0.4, -0.2) is 13.0 Å². The highest BCUT2D eigenvalue weighted by molar-refractivity contribution is 5.92. The van der Waals surface area contributed by atoms with Gasteiger partial charge in [-0.1, -0.05) is 31.7 Å². The van der Waals surface area contributed by atoms with E-state index in [4.69, 9.17) is 4.74 Å². The number of benzene rings is 1. The first kappa shape index (κ1) is 12.9. The van der Waals surface area contributed by atoms with Gasteiger partial charge in [0.2, 0.25) is 5.91 Å². The number of amides is 1. The van der Waals surface area contributed by atoms with Crippen LogP contribution in [-0.2, 0) is 4.79 Å². The van der Waals surface area contributed by atoms with Crippen LogP contribution in [0.15, 0.2) is 24.3 Å². The van der Waals surface area contributed by atoms with Crippen molar-refractivity contribution in [3.8, 4) is 5.75 Å². The highest BCUT2D eigenvalue weighted by atomic mass is 16.5. The minimum atomic E-state index is 0.158. The minimum Gasteiger partial charge on any atom is -0.497 e. The maximum atomic E-state index is 12.2. The third-order valence-corrected chi connectivity index (χ3v) is 3.56. The summed E-state index contributed by atoms with van der Waals surface area (Å²) in [6.07, 6.45) is 6.93. The molecule has 1 aliphatic rings. The molecular weight excluding hydrogens is 226 g/mol. The van der Waals surface area contributed by atoms with Gasteiger partial charge in [0.1, 0.15) is 5.75 Å². The first-order chi connectivity index (χ1) is 8.79. The third-order valence-electron chi connectivity index (χ3n) is 3.56. The van der Waals surface area contributed by atoms with Gasteiger partial charge in [0, 0.05) is 17.7 Å². The second-order valence-corrected chi connectivity index (χ2v) is 4.91. The van der Waals surface area contributed by atoms with Crippen LogP contribution in [0.1, 0.15) is 38.5 Å². The SMILES string of the molecule is COc1cccc(NC(=O)C2CCCCCC2)c1. The van der Waals surface area contributed by atoms with Gasteiger partial charge in [0.25, 0.3) is 0 Å². The van der Waals surface area contributed by atoms with Crippen molar-refractivity contribution < 1.29 is 9.53 Å². The maximum Gasteiger partial charge on any atom is 0.227 e. The van der Waals surface area contributed by atoms with Crippen molar-refractivity contribution in [2.75, 3.05) is 12.4 Å². The number of rotatable bonds is 3. The summed E-state index contributed by atoms with van der Waals surface area (Å²) in [5, 5.41) is 3.00. The molecule has 1 aliphatic carbocycles. The van der Waals surface area contributed by atoms with Crippen LogP contribution >= 0.6 is 0 Å². The van der Waals surface area contributed by atoms with E-state index in [1.54, 1.807) is 7.11 Å². The zero-order chi connectivity index (χ0) is 12.8. The highest BCUT2D eigenvalue weighted by Gasteiger charge is 2.19. The van der Waals surface area contributed by atoms with Crippen molar-refractivity contribution in [3.05, 3.63) is 24.3 Å². The molecule has 1 aromatic rings. The Morgan fingerprint density at radius 2 is 1.94 bits per heavy atom. The monoisotopic (exact) mass is 247 g/mol. The second kappa shape index (κ2) is 6.43. The molecule has 1 N–H and O–H groups in total. The minimum absolute atomic E-state index is 0.158. The first-order valence-electron chi connectivity index (χ1n) is 6.74. The summed E-state index contributed by atoms with van der Waals surface area (Å²) in [5.41, 5.74) is 0.823. The summed E-state index contributed by atoms with van der Waals surface area (Å²) in [5.74, 6) is 1.11. The van der Waals surface area contributed by atoms with Gasteiger partial charge >= 0.3 is 0 Å². The Labute approximate surface area is 109 Å². The van der Waals surface area contributed by atoms with Crippen molar-refractivity contribution in [2.24, 2.45) is 5.92 Å². The maximum absolute atomic E-state index is 12.2. The van der Waals surface area contributed by atoms with E-state index < -0.39 is 0 Å². The van der Waals surface area contributed by atoms with Gasteiger partial charge in [-0.05, 0) is 25.0 Å². The summed E-state index contributed by atoms with van der Waals surface area (Å²) in [6, 6.07) is 7.52. The lowest BCUT2D eigenvalue weighted by Gasteiger charge is -2.14. The predicted molar refractivity (Wildman–Crippen MR) is 72.8 cm³/mol. The van der Waals surface area contributed by atoms with Crippen molar-refractivity contribution in [2.45, 2.75) is 38.5 Å². The Morgan fingerprint density at radius 3 is 2.61 bits per heavy atom. The van der Waals surface area contributed by atoms with E-state index in [2.05, 4.69) is 5.32 Å². The average Bonchev–Trinajstić information content (AvgIpc) is 2.68. The zero-order valence-corrected chi connectivity index (χ0v) is 10.9. The molecule has 98 valence electrons. The van der Waals surface area contributed by atoms with Gasteiger partial charge in [-0.25, -0.2) is 0 Å². The normalized spacial score (nSPS) is 16.9. The number of hydrogen-bond acceptors (Lipinski definition) is 2. The highest BCUT2D eigenvalue weighted by Crippen LogP contribution is 2.25. The van der Waals surface area contributed by atoms with E-state index in [0.29, 0.717) is 0 Å². The lowest BCUT2D eigenvalue weighted by molar-refractivity contribution is -0.120. The molecule has 1 aromatic carbocycles. The van der Waals surface area contributed by atoms with Crippen molar-refractivity contribution in [1.82, 2.24) is 0 Å². The van der Waals surface area contributed by atoms with Crippen molar-refractivity contribution in [3.63, 3.8) is 0 Å². The molecule has 2 rings (SSSR count). The zero-order valence-electron chi connectivity index (χ0n) is 10.9. The fraction of sp³-hybridized carbons (Fsp3) is 0.533. The summed E-state index contributed by atoms with van der Waals surface area (Å²) >= 11 is 0. The first-order valence-corrected chi connectivity index (χ1v) is 6.74. The molecule has 1 amide bonds. The Hall–Kier alpha value is -1.51. The van der Waals surface area contributed by atoms with Crippen LogP contribution in [0.3, 0.4) is 0 Å². The number of anilines is 1. The fourth-order valence-corrected chi connectivity index (χ4v) is 2.49. The van der Waals surface area contributed by atoms with Crippen LogP contribution in [0.2, 0.25) is 0 Å². The van der Waals surface area contributed by atoms with Gasteiger partial charge in [-0.2, -0.15) is 0 Å². The summed E-state index contributed by atoms with van der Waals surface area (Å²) in [7, 11) is 1.63. The summed E-state index contributed by atoms with van der Waals surface area (Å²) in [4.78, 5) is 12.2. The Bertz CT molecular complexity index is 395. The predicted octanol–water partition coefficient (Wildman–Crippen LogP) is 3.60. The summed E-state index contributed by atoms with van der Waals surface area (Å²) in [6.45, 7) is 0. The number of carbonyl (C=O) groups excluding carboxylic acids is 1. The molecule has 0 spiro atoms. The molecule has 0 radical (unpaired) electrons. The van der Waals surface area contributed by atoms with Crippen LogP contribution in [0.4, 0.5) is 5.69 Å². The van der Waals surface area contributed by atoms with Crippen molar-refractivity contribution in [1.29, 1.82) is 0 Å². The molecule has 3 nitrogen and oxygen atoms in total. The van der Waals surface area contributed by atoms with E-state index >= 15 is 0 Å². The second-order valence-electron chi connectivity index (χ2n) is 4.91. The Morgan fingerprint density at radius 1 is 1.22 bits per heavy atom. The van der Waals surface area contributed by atoms with Crippen molar-refractivity contribution >= 4 is 11.6 Å². The Balaban J connectivity index is 1.96. The van der Waals surface area contributed by atoms with Gasteiger partial charge in [0.15, 0.2) is 0 Å². The molecule has 1 fully saturated rings. The van der Waals surface area contributed by atoms with Crippen LogP contribution in [0.25, 0.3) is 0 Å². The molecule has 0 bridgehead atoms. The van der Waals surface area contributed by atoms with E-state index in [9.17, 15) is 4.79 Å². The fourth-order valence-electron chi connectivity index (χ4n) is 2.49. The van der Waals surface area contributed by atoms with Crippen LogP contribution in [0, 0.1) is 5.92 Å². The summed E-state index contributed by atoms with van der Waals surface area (Å²) < 4.78 is 5.15. The van der Waals surface area contributed by atoms with Gasteiger partial charge in [-0.3, -0.25) is 4.79 Å². The number of nitrogens with one attached hydrogen (secondary N) is 1. The van der Waals surface area contributed by atoms with Crippen LogP contribution in [0.5, 0.6) is 5.75 Å². The molecule has 0 aliphatic heterocycles. The molecule has 0 unspecified atom stereocenters. The molecule has 0 atom stereocenters. The lowest BCUT2D eigenvalue weighted by Crippen LogP contribution is -2.22. The van der Waals surface area contributed by atoms with E-state index in [1.807, 2.05) is 24.3 Å². The molecule has 0 heterocycles. The molecule has 0 aromatic heterocycles. The standard InChI is InChI=1S/C15H21NO2/c1-18-14-10-6-9-13(11-14)16-15(17)12-7-4-2-3-5-8-12/h6,9-12H,2-5,7-8H2,1H3,(H,16,17). The number of carbonyl (C=O) groups is 1. The number of ether oxygens (including phenoxy) is 1. The third kappa shape index (κ3) is 3.49. The van der Waals surface area contributed by atoms with E-state index in [1.165, 1.54) is 25.7 Å². The Kier molecular flexibility index (Phi) is 4.62. The quantitative estimate of drug-likeness (QED) is 0.829.